The Kier molecular flexibility index (Phi) is 8.93. The van der Waals surface area contributed by atoms with Crippen molar-refractivity contribution in [2.45, 2.75) is 39.2 Å². The van der Waals surface area contributed by atoms with Gasteiger partial charge in [-0.25, -0.2) is 0 Å². The van der Waals surface area contributed by atoms with Crippen molar-refractivity contribution in [1.29, 1.82) is 5.26 Å². The van der Waals surface area contributed by atoms with E-state index in [0.717, 1.165) is 30.7 Å². The maximum Gasteiger partial charge on any atom is 0.262 e. The Morgan fingerprint density at radius 3 is 2.12 bits per heavy atom. The normalized spacial score (nSPS) is 10.5. The molecule has 0 radical (unpaired) electrons. The zero-order valence-electron chi connectivity index (χ0n) is 19.6. The van der Waals surface area contributed by atoms with Crippen LogP contribution in [0.1, 0.15) is 49.0 Å². The van der Waals surface area contributed by atoms with Gasteiger partial charge in [-0.1, -0.05) is 18.2 Å². The molecule has 176 valence electrons. The Bertz CT molecular complexity index is 1110. The van der Waals surface area contributed by atoms with Gasteiger partial charge in [-0.3, -0.25) is 4.79 Å². The number of benzene rings is 3. The van der Waals surface area contributed by atoms with Crippen molar-refractivity contribution in [2.75, 3.05) is 18.1 Å². The van der Waals surface area contributed by atoms with E-state index < -0.39 is 0 Å². The molecule has 1 N–H and O–H groups in total. The van der Waals surface area contributed by atoms with Gasteiger partial charge in [-0.05, 0) is 81.6 Å². The molecule has 0 saturated heterocycles. The van der Waals surface area contributed by atoms with E-state index >= 15 is 0 Å². The Morgan fingerprint density at radius 1 is 0.912 bits per heavy atom. The van der Waals surface area contributed by atoms with E-state index in [2.05, 4.69) is 6.07 Å². The lowest BCUT2D eigenvalue weighted by molar-refractivity contribution is 0.0977. The summed E-state index contributed by atoms with van der Waals surface area (Å²) in [5, 5.41) is 19.3. The molecule has 0 fully saturated rings. The van der Waals surface area contributed by atoms with Gasteiger partial charge in [0.15, 0.2) is 0 Å². The predicted octanol–water partition coefficient (Wildman–Crippen LogP) is 5.95. The number of rotatable bonds is 11. The lowest BCUT2D eigenvalue weighted by atomic mass is 10.1. The number of hydrogen-bond acceptors (Lipinski definition) is 5. The van der Waals surface area contributed by atoms with Crippen molar-refractivity contribution < 1.29 is 19.4 Å². The second-order valence-electron chi connectivity index (χ2n) is 8.18. The quantitative estimate of drug-likeness (QED) is 0.359. The van der Waals surface area contributed by atoms with E-state index in [-0.39, 0.29) is 23.3 Å². The number of amides is 1. The molecule has 0 unspecified atom stereocenters. The molecule has 0 spiro atoms. The van der Waals surface area contributed by atoms with E-state index in [1.165, 1.54) is 6.07 Å². The second kappa shape index (κ2) is 12.3. The maximum absolute atomic E-state index is 13.1. The van der Waals surface area contributed by atoms with Crippen molar-refractivity contribution in [3.63, 3.8) is 0 Å². The summed E-state index contributed by atoms with van der Waals surface area (Å²) in [5.74, 6) is 0.926. The predicted molar refractivity (Wildman–Crippen MR) is 132 cm³/mol. The minimum atomic E-state index is -0.257. The highest BCUT2D eigenvalue weighted by molar-refractivity contribution is 6.08. The first-order chi connectivity index (χ1) is 16.5. The molecule has 1 amide bonds. The van der Waals surface area contributed by atoms with Gasteiger partial charge in [0.2, 0.25) is 0 Å². The molecule has 0 heterocycles. The van der Waals surface area contributed by atoms with Gasteiger partial charge in [-0.2, -0.15) is 5.26 Å². The van der Waals surface area contributed by atoms with Crippen LogP contribution < -0.4 is 14.4 Å². The summed E-state index contributed by atoms with van der Waals surface area (Å²) in [6.45, 7) is 4.98. The lowest BCUT2D eigenvalue weighted by Crippen LogP contribution is -2.37. The van der Waals surface area contributed by atoms with Gasteiger partial charge in [0.05, 0.1) is 30.4 Å². The molecule has 3 rings (SSSR count). The first-order valence-electron chi connectivity index (χ1n) is 11.5. The Balaban J connectivity index is 1.44. The third kappa shape index (κ3) is 6.76. The summed E-state index contributed by atoms with van der Waals surface area (Å²) in [4.78, 5) is 14.8. The van der Waals surface area contributed by atoms with E-state index in [1.807, 2.05) is 44.2 Å². The lowest BCUT2D eigenvalue weighted by Gasteiger charge is -2.27. The standard InChI is InChI=1S/C28H30N2O4/c1-21(2)30(23-9-5-3-6-10-23)28(32)26-16-15-25(19-27(26)31)34-18-8-4-7-17-33-24-13-11-22(20-29)12-14-24/h3,5-6,9-16,19,21,31H,4,7-8,17-18H2,1-2H3. The van der Waals surface area contributed by atoms with Crippen LogP contribution in [0.2, 0.25) is 0 Å². The van der Waals surface area contributed by atoms with E-state index in [9.17, 15) is 9.90 Å². The van der Waals surface area contributed by atoms with E-state index in [0.29, 0.717) is 24.5 Å². The summed E-state index contributed by atoms with van der Waals surface area (Å²) in [6.07, 6.45) is 2.65. The molecular formula is C28H30N2O4. The molecule has 0 aliphatic rings. The fraction of sp³-hybridized carbons (Fsp3) is 0.286. The summed E-state index contributed by atoms with van der Waals surface area (Å²) in [6, 6.07) is 23.3. The highest BCUT2D eigenvalue weighted by Gasteiger charge is 2.23. The van der Waals surface area contributed by atoms with Crippen LogP contribution in [-0.2, 0) is 0 Å². The number of phenols is 1. The third-order valence-corrected chi connectivity index (χ3v) is 5.28. The number of phenolic OH excluding ortho intramolecular Hbond substituents is 1. The molecule has 0 aliphatic heterocycles. The summed E-state index contributed by atoms with van der Waals surface area (Å²) in [5.41, 5.74) is 1.64. The largest absolute Gasteiger partial charge is 0.507 e. The summed E-state index contributed by atoms with van der Waals surface area (Å²) >= 11 is 0. The molecule has 0 saturated carbocycles. The number of anilines is 1. The van der Waals surface area contributed by atoms with Gasteiger partial charge in [0.25, 0.3) is 5.91 Å². The van der Waals surface area contributed by atoms with E-state index in [1.54, 1.807) is 41.3 Å². The maximum atomic E-state index is 13.1. The van der Waals surface area contributed by atoms with Crippen molar-refractivity contribution in [3.05, 3.63) is 83.9 Å². The fourth-order valence-electron chi connectivity index (χ4n) is 3.54. The van der Waals surface area contributed by atoms with Crippen LogP contribution in [0.15, 0.2) is 72.8 Å². The number of nitrogens with zero attached hydrogens (tertiary/aromatic N) is 2. The molecule has 6 nitrogen and oxygen atoms in total. The number of unbranched alkanes of at least 4 members (excludes halogenated alkanes) is 2. The number of aromatic hydroxyl groups is 1. The molecular weight excluding hydrogens is 428 g/mol. The average molecular weight is 459 g/mol. The zero-order valence-corrected chi connectivity index (χ0v) is 19.6. The molecule has 0 atom stereocenters. The van der Waals surface area contributed by atoms with Crippen LogP contribution in [0.25, 0.3) is 0 Å². The number of para-hydroxylation sites is 1. The first kappa shape index (κ1) is 24.7. The number of hydrogen-bond donors (Lipinski definition) is 1. The second-order valence-corrected chi connectivity index (χ2v) is 8.18. The average Bonchev–Trinajstić information content (AvgIpc) is 2.84. The SMILES string of the molecule is CC(C)N(C(=O)c1ccc(OCCCCCOc2ccc(C#N)cc2)cc1O)c1ccccc1. The van der Waals surface area contributed by atoms with Crippen molar-refractivity contribution in [3.8, 4) is 23.3 Å². The van der Waals surface area contributed by atoms with Crippen LogP contribution in [0, 0.1) is 11.3 Å². The number of carbonyl (C=O) groups excluding carboxylic acids is 1. The minimum absolute atomic E-state index is 0.0638. The Labute approximate surface area is 201 Å². The van der Waals surface area contributed by atoms with Crippen molar-refractivity contribution >= 4 is 11.6 Å². The summed E-state index contributed by atoms with van der Waals surface area (Å²) < 4.78 is 11.4. The molecule has 34 heavy (non-hydrogen) atoms. The highest BCUT2D eigenvalue weighted by atomic mass is 16.5. The topological polar surface area (TPSA) is 82.8 Å². The highest BCUT2D eigenvalue weighted by Crippen LogP contribution is 2.28. The Hall–Kier alpha value is -3.98. The number of carbonyl (C=O) groups is 1. The van der Waals surface area contributed by atoms with Crippen LogP contribution in [0.3, 0.4) is 0 Å². The first-order valence-corrected chi connectivity index (χ1v) is 11.5. The molecule has 3 aromatic carbocycles. The molecule has 6 heteroatoms. The van der Waals surface area contributed by atoms with Crippen LogP contribution >= 0.6 is 0 Å². The van der Waals surface area contributed by atoms with Crippen molar-refractivity contribution in [1.82, 2.24) is 0 Å². The van der Waals surface area contributed by atoms with Crippen molar-refractivity contribution in [2.24, 2.45) is 0 Å². The molecule has 3 aromatic rings. The smallest absolute Gasteiger partial charge is 0.262 e. The van der Waals surface area contributed by atoms with Crippen LogP contribution in [-0.4, -0.2) is 30.3 Å². The van der Waals surface area contributed by atoms with Gasteiger partial charge in [0.1, 0.15) is 17.2 Å². The van der Waals surface area contributed by atoms with E-state index in [4.69, 9.17) is 14.7 Å². The van der Waals surface area contributed by atoms with Crippen LogP contribution in [0.4, 0.5) is 5.69 Å². The Morgan fingerprint density at radius 2 is 1.53 bits per heavy atom. The third-order valence-electron chi connectivity index (χ3n) is 5.28. The number of nitriles is 1. The summed E-state index contributed by atoms with van der Waals surface area (Å²) in [7, 11) is 0. The monoisotopic (exact) mass is 458 g/mol. The molecule has 0 bridgehead atoms. The van der Waals surface area contributed by atoms with Gasteiger partial charge < -0.3 is 19.5 Å². The zero-order chi connectivity index (χ0) is 24.3. The molecule has 0 aliphatic carbocycles. The van der Waals surface area contributed by atoms with Crippen LogP contribution in [0.5, 0.6) is 17.2 Å². The van der Waals surface area contributed by atoms with Gasteiger partial charge >= 0.3 is 0 Å². The number of ether oxygens (including phenoxy) is 2. The molecule has 0 aromatic heterocycles. The van der Waals surface area contributed by atoms with Gasteiger partial charge in [0, 0.05) is 17.8 Å². The minimum Gasteiger partial charge on any atom is -0.507 e. The van der Waals surface area contributed by atoms with Gasteiger partial charge in [-0.15, -0.1) is 0 Å². The fourth-order valence-corrected chi connectivity index (χ4v) is 3.54.